The molecule has 0 amide bonds. The van der Waals surface area contributed by atoms with Gasteiger partial charge in [0.1, 0.15) is 0 Å². The van der Waals surface area contributed by atoms with Crippen LogP contribution < -0.4 is 5.73 Å². The van der Waals surface area contributed by atoms with E-state index in [9.17, 15) is 8.42 Å². The minimum absolute atomic E-state index is 0.196. The van der Waals surface area contributed by atoms with Gasteiger partial charge in [0.05, 0.1) is 5.75 Å². The quantitative estimate of drug-likeness (QED) is 0.806. The summed E-state index contributed by atoms with van der Waals surface area (Å²) in [4.78, 5) is 0. The van der Waals surface area contributed by atoms with Gasteiger partial charge in [-0.15, -0.1) is 0 Å². The zero-order valence-corrected chi connectivity index (χ0v) is 12.8. The Kier molecular flexibility index (Phi) is 5.62. The van der Waals surface area contributed by atoms with Gasteiger partial charge in [0.2, 0.25) is 10.0 Å². The van der Waals surface area contributed by atoms with Crippen molar-refractivity contribution >= 4 is 10.0 Å². The van der Waals surface area contributed by atoms with E-state index >= 15 is 0 Å². The zero-order chi connectivity index (χ0) is 13.8. The summed E-state index contributed by atoms with van der Waals surface area (Å²) in [5, 5.41) is 0. The first-order chi connectivity index (χ1) is 8.26. The fourth-order valence-corrected chi connectivity index (χ4v) is 4.95. The molecule has 1 aliphatic rings. The molecule has 0 aliphatic heterocycles. The summed E-state index contributed by atoms with van der Waals surface area (Å²) in [6, 6.07) is 0.212. The summed E-state index contributed by atoms with van der Waals surface area (Å²) >= 11 is 0. The van der Waals surface area contributed by atoms with Crippen molar-refractivity contribution in [3.63, 3.8) is 0 Å². The molecule has 108 valence electrons. The fourth-order valence-electron chi connectivity index (χ4n) is 2.62. The normalized spacial score (nSPS) is 18.7. The second-order valence-corrected chi connectivity index (χ2v) is 8.43. The van der Waals surface area contributed by atoms with Gasteiger partial charge < -0.3 is 5.73 Å². The molecular weight excluding hydrogens is 248 g/mol. The molecule has 18 heavy (non-hydrogen) atoms. The Morgan fingerprint density at radius 2 is 1.78 bits per heavy atom. The van der Waals surface area contributed by atoms with E-state index in [2.05, 4.69) is 0 Å². The number of hydrogen-bond donors (Lipinski definition) is 1. The van der Waals surface area contributed by atoms with Gasteiger partial charge in [0, 0.05) is 12.6 Å². The van der Waals surface area contributed by atoms with E-state index < -0.39 is 10.0 Å². The van der Waals surface area contributed by atoms with Crippen LogP contribution in [0.4, 0.5) is 0 Å². The van der Waals surface area contributed by atoms with Crippen molar-refractivity contribution in [2.24, 2.45) is 11.1 Å². The van der Waals surface area contributed by atoms with Gasteiger partial charge in [-0.2, -0.15) is 4.31 Å². The van der Waals surface area contributed by atoms with Crippen LogP contribution in [0, 0.1) is 5.41 Å². The summed E-state index contributed by atoms with van der Waals surface area (Å²) in [6.45, 7) is 7.05. The number of nitrogens with two attached hydrogens (primary N) is 1. The number of sulfonamides is 1. The lowest BCUT2D eigenvalue weighted by atomic mass is 10.0. The second-order valence-electron chi connectivity index (χ2n) is 6.51. The summed E-state index contributed by atoms with van der Waals surface area (Å²) in [6.07, 6.45) is 5.06. The van der Waals surface area contributed by atoms with Crippen LogP contribution in [0.1, 0.15) is 52.9 Å². The first kappa shape index (κ1) is 15.9. The summed E-state index contributed by atoms with van der Waals surface area (Å²) in [5.41, 5.74) is 5.33. The molecule has 1 rings (SSSR count). The highest BCUT2D eigenvalue weighted by Gasteiger charge is 2.34. The summed E-state index contributed by atoms with van der Waals surface area (Å²) < 4.78 is 26.8. The molecule has 0 saturated heterocycles. The molecule has 0 radical (unpaired) electrons. The Morgan fingerprint density at radius 3 is 2.22 bits per heavy atom. The van der Waals surface area contributed by atoms with E-state index in [0.717, 1.165) is 32.1 Å². The van der Waals surface area contributed by atoms with Crippen molar-refractivity contribution in [2.75, 3.05) is 18.8 Å². The molecule has 2 N–H and O–H groups in total. The minimum atomic E-state index is -3.16. The highest BCUT2D eigenvalue weighted by Crippen LogP contribution is 2.28. The zero-order valence-electron chi connectivity index (χ0n) is 12.0. The van der Waals surface area contributed by atoms with Crippen LogP contribution in [0.5, 0.6) is 0 Å². The highest BCUT2D eigenvalue weighted by molar-refractivity contribution is 7.89. The second kappa shape index (κ2) is 6.35. The first-order valence-corrected chi connectivity index (χ1v) is 8.57. The average molecular weight is 276 g/mol. The van der Waals surface area contributed by atoms with E-state index in [1.165, 1.54) is 0 Å². The predicted molar refractivity (Wildman–Crippen MR) is 75.9 cm³/mol. The van der Waals surface area contributed by atoms with Crippen molar-refractivity contribution in [3.8, 4) is 0 Å². The first-order valence-electron chi connectivity index (χ1n) is 6.96. The molecule has 4 nitrogen and oxygen atoms in total. The lowest BCUT2D eigenvalue weighted by Crippen LogP contribution is -2.43. The molecule has 0 spiro atoms. The predicted octanol–water partition coefficient (Wildman–Crippen LogP) is 1.96. The van der Waals surface area contributed by atoms with Crippen LogP contribution in [0.2, 0.25) is 0 Å². The van der Waals surface area contributed by atoms with Gasteiger partial charge in [-0.25, -0.2) is 8.42 Å². The van der Waals surface area contributed by atoms with Gasteiger partial charge in [-0.1, -0.05) is 33.6 Å². The van der Waals surface area contributed by atoms with Crippen molar-refractivity contribution in [2.45, 2.75) is 58.9 Å². The Balaban J connectivity index is 2.80. The molecule has 1 aliphatic carbocycles. The highest BCUT2D eigenvalue weighted by atomic mass is 32.2. The molecule has 0 atom stereocenters. The Hall–Kier alpha value is -0.130. The van der Waals surface area contributed by atoms with E-state index in [-0.39, 0.29) is 17.2 Å². The van der Waals surface area contributed by atoms with Gasteiger partial charge in [-0.05, 0) is 31.2 Å². The maximum atomic E-state index is 12.5. The van der Waals surface area contributed by atoms with Crippen LogP contribution in [0.15, 0.2) is 0 Å². The number of rotatable bonds is 6. The Bertz CT molecular complexity index is 340. The molecule has 0 bridgehead atoms. The van der Waals surface area contributed by atoms with Crippen molar-refractivity contribution in [3.05, 3.63) is 0 Å². The molecule has 0 aromatic carbocycles. The standard InChI is InChI=1S/C13H28N2O2S/c1-13(2,3)11-18(16,17)15(10-6-9-14)12-7-4-5-8-12/h12H,4-11,14H2,1-3H3. The third kappa shape index (κ3) is 4.86. The lowest BCUT2D eigenvalue weighted by Gasteiger charge is -2.31. The maximum Gasteiger partial charge on any atom is 0.214 e. The minimum Gasteiger partial charge on any atom is -0.330 e. The maximum absolute atomic E-state index is 12.5. The summed E-state index contributed by atoms with van der Waals surface area (Å²) in [7, 11) is -3.16. The van der Waals surface area contributed by atoms with Crippen molar-refractivity contribution in [1.29, 1.82) is 0 Å². The molecule has 1 saturated carbocycles. The largest absolute Gasteiger partial charge is 0.330 e. The smallest absolute Gasteiger partial charge is 0.214 e. The van der Waals surface area contributed by atoms with Gasteiger partial charge in [0.25, 0.3) is 0 Å². The molecule has 0 unspecified atom stereocenters. The molecule has 0 aromatic rings. The third-order valence-corrected chi connectivity index (χ3v) is 5.71. The van der Waals surface area contributed by atoms with Gasteiger partial charge >= 0.3 is 0 Å². The third-order valence-electron chi connectivity index (χ3n) is 3.29. The average Bonchev–Trinajstić information content (AvgIpc) is 2.67. The van der Waals surface area contributed by atoms with Crippen LogP contribution in [-0.4, -0.2) is 37.6 Å². The van der Waals surface area contributed by atoms with E-state index in [1.54, 1.807) is 4.31 Å². The van der Waals surface area contributed by atoms with E-state index in [4.69, 9.17) is 5.73 Å². The molecular formula is C13H28N2O2S. The summed E-state index contributed by atoms with van der Waals surface area (Å²) in [5.74, 6) is 0.223. The van der Waals surface area contributed by atoms with Crippen LogP contribution in [-0.2, 0) is 10.0 Å². The van der Waals surface area contributed by atoms with Crippen LogP contribution in [0.3, 0.4) is 0 Å². The van der Waals surface area contributed by atoms with E-state index in [1.807, 2.05) is 20.8 Å². The topological polar surface area (TPSA) is 63.4 Å². The Morgan fingerprint density at radius 1 is 1.22 bits per heavy atom. The number of hydrogen-bond acceptors (Lipinski definition) is 3. The molecule has 1 fully saturated rings. The van der Waals surface area contributed by atoms with Crippen LogP contribution >= 0.6 is 0 Å². The fraction of sp³-hybridized carbons (Fsp3) is 1.00. The Labute approximate surface area is 112 Å². The molecule has 0 heterocycles. The van der Waals surface area contributed by atoms with Crippen LogP contribution in [0.25, 0.3) is 0 Å². The van der Waals surface area contributed by atoms with Gasteiger partial charge in [-0.3, -0.25) is 0 Å². The monoisotopic (exact) mass is 276 g/mol. The SMILES string of the molecule is CC(C)(C)CS(=O)(=O)N(CCCN)C1CCCC1. The molecule has 5 heteroatoms. The van der Waals surface area contributed by atoms with Crippen molar-refractivity contribution in [1.82, 2.24) is 4.31 Å². The van der Waals surface area contributed by atoms with E-state index in [0.29, 0.717) is 13.1 Å². The van der Waals surface area contributed by atoms with Gasteiger partial charge in [0.15, 0.2) is 0 Å². The van der Waals surface area contributed by atoms with Crippen molar-refractivity contribution < 1.29 is 8.42 Å². The molecule has 0 aromatic heterocycles. The lowest BCUT2D eigenvalue weighted by molar-refractivity contribution is 0.312. The number of nitrogens with zero attached hydrogens (tertiary/aromatic N) is 1.